The third-order valence-electron chi connectivity index (χ3n) is 5.84. The average molecular weight is 570 g/mol. The highest BCUT2D eigenvalue weighted by Crippen LogP contribution is 2.31. The Morgan fingerprint density at radius 2 is 1.42 bits per heavy atom. The summed E-state index contributed by atoms with van der Waals surface area (Å²) in [6, 6.07) is 28.6. The minimum atomic E-state index is -1.16. The molecular weight excluding hydrogens is 549 g/mol. The van der Waals surface area contributed by atoms with Crippen molar-refractivity contribution in [1.82, 2.24) is 9.97 Å². The second kappa shape index (κ2) is 10.9. The van der Waals surface area contributed by atoms with Crippen molar-refractivity contribution >= 4 is 44.5 Å². The van der Waals surface area contributed by atoms with E-state index in [1.54, 1.807) is 24.3 Å². The van der Waals surface area contributed by atoms with E-state index in [2.05, 4.69) is 21.2 Å². The van der Waals surface area contributed by atoms with Crippen molar-refractivity contribution in [2.75, 3.05) is 5.32 Å². The molecule has 1 unspecified atom stereocenters. The van der Waals surface area contributed by atoms with Crippen molar-refractivity contribution in [3.63, 3.8) is 0 Å². The number of carbonyl (C=O) groups is 2. The number of hydrogen-bond donors (Lipinski definition) is 1. The van der Waals surface area contributed by atoms with E-state index in [0.29, 0.717) is 21.2 Å². The van der Waals surface area contributed by atoms with Crippen LogP contribution in [0.15, 0.2) is 102 Å². The summed E-state index contributed by atoms with van der Waals surface area (Å²) in [6.45, 7) is 1.42. The predicted octanol–water partition coefficient (Wildman–Crippen LogP) is 7.05. The lowest BCUT2D eigenvalue weighted by Crippen LogP contribution is -2.30. The van der Waals surface area contributed by atoms with Gasteiger partial charge in [0.25, 0.3) is 5.91 Å². The molecule has 38 heavy (non-hydrogen) atoms. The minimum absolute atomic E-state index is 0.00950. The smallest absolute Gasteiger partial charge is 0.338 e. The second-order valence-corrected chi connectivity index (χ2v) is 9.43. The van der Waals surface area contributed by atoms with Gasteiger partial charge in [-0.25, -0.2) is 19.2 Å². The van der Waals surface area contributed by atoms with Crippen molar-refractivity contribution in [2.45, 2.75) is 13.0 Å². The topological polar surface area (TPSA) is 81.2 Å². The normalized spacial score (nSPS) is 11.7. The van der Waals surface area contributed by atoms with E-state index in [9.17, 15) is 14.0 Å². The zero-order valence-electron chi connectivity index (χ0n) is 20.2. The van der Waals surface area contributed by atoms with Gasteiger partial charge < -0.3 is 10.1 Å². The van der Waals surface area contributed by atoms with Crippen LogP contribution in [0.25, 0.3) is 33.5 Å². The molecular formula is C30H21BrFN3O3. The lowest BCUT2D eigenvalue weighted by molar-refractivity contribution is -0.123. The van der Waals surface area contributed by atoms with Gasteiger partial charge >= 0.3 is 5.97 Å². The molecule has 0 saturated heterocycles. The molecule has 0 aliphatic heterocycles. The summed E-state index contributed by atoms with van der Waals surface area (Å²) in [5.41, 5.74) is 4.54. The maximum atomic E-state index is 14.1. The molecule has 0 saturated carbocycles. The van der Waals surface area contributed by atoms with Gasteiger partial charge in [0.1, 0.15) is 5.82 Å². The van der Waals surface area contributed by atoms with Crippen LogP contribution < -0.4 is 5.32 Å². The van der Waals surface area contributed by atoms with E-state index >= 15 is 0 Å². The van der Waals surface area contributed by atoms with Gasteiger partial charge in [-0.05, 0) is 43.3 Å². The van der Waals surface area contributed by atoms with Crippen LogP contribution in [0.5, 0.6) is 0 Å². The molecule has 6 nitrogen and oxygen atoms in total. The van der Waals surface area contributed by atoms with Gasteiger partial charge in [0, 0.05) is 15.6 Å². The van der Waals surface area contributed by atoms with E-state index in [4.69, 9.17) is 14.7 Å². The first-order valence-corrected chi connectivity index (χ1v) is 12.6. The number of esters is 1. The van der Waals surface area contributed by atoms with Gasteiger partial charge in [0.05, 0.1) is 33.7 Å². The number of benzene rings is 4. The zero-order chi connectivity index (χ0) is 26.6. The van der Waals surface area contributed by atoms with Crippen molar-refractivity contribution in [1.29, 1.82) is 0 Å². The summed E-state index contributed by atoms with van der Waals surface area (Å²) in [7, 11) is 0. The maximum Gasteiger partial charge on any atom is 0.338 e. The van der Waals surface area contributed by atoms with Crippen LogP contribution in [0.2, 0.25) is 0 Å². The number of carbonyl (C=O) groups excluding carboxylic acids is 2. The summed E-state index contributed by atoms with van der Waals surface area (Å²) in [5.74, 6) is -1.97. The predicted molar refractivity (Wildman–Crippen MR) is 148 cm³/mol. The summed E-state index contributed by atoms with van der Waals surface area (Å²) in [6.07, 6.45) is -1.16. The van der Waals surface area contributed by atoms with Gasteiger partial charge in [0.15, 0.2) is 6.10 Å². The Morgan fingerprint density at radius 1 is 0.816 bits per heavy atom. The number of hydrogen-bond acceptors (Lipinski definition) is 5. The number of anilines is 1. The van der Waals surface area contributed by atoms with E-state index in [1.165, 1.54) is 19.1 Å². The highest BCUT2D eigenvalue weighted by Gasteiger charge is 2.21. The molecule has 5 rings (SSSR count). The Bertz CT molecular complexity index is 1650. The third kappa shape index (κ3) is 5.45. The lowest BCUT2D eigenvalue weighted by Gasteiger charge is -2.15. The van der Waals surface area contributed by atoms with Gasteiger partial charge in [0.2, 0.25) is 0 Å². The van der Waals surface area contributed by atoms with Gasteiger partial charge in [-0.15, -0.1) is 0 Å². The monoisotopic (exact) mass is 569 g/mol. The molecule has 5 aromatic rings. The van der Waals surface area contributed by atoms with E-state index < -0.39 is 23.8 Å². The molecule has 8 heteroatoms. The molecule has 1 N–H and O–H groups in total. The Labute approximate surface area is 226 Å². The van der Waals surface area contributed by atoms with E-state index in [1.807, 2.05) is 60.7 Å². The zero-order valence-corrected chi connectivity index (χ0v) is 21.8. The summed E-state index contributed by atoms with van der Waals surface area (Å²) in [5, 5.41) is 2.44. The molecule has 0 bridgehead atoms. The van der Waals surface area contributed by atoms with Crippen molar-refractivity contribution in [3.05, 3.63) is 113 Å². The first kappa shape index (κ1) is 25.2. The highest BCUT2D eigenvalue weighted by molar-refractivity contribution is 9.10. The Balaban J connectivity index is 1.42. The molecule has 0 fully saturated rings. The summed E-state index contributed by atoms with van der Waals surface area (Å²) < 4.78 is 20.0. The fraction of sp³-hybridized carbons (Fsp3) is 0.0667. The number of aromatic nitrogens is 2. The Kier molecular flexibility index (Phi) is 7.24. The first-order valence-electron chi connectivity index (χ1n) is 11.8. The first-order chi connectivity index (χ1) is 18.4. The number of amides is 1. The molecule has 4 aromatic carbocycles. The largest absolute Gasteiger partial charge is 0.449 e. The van der Waals surface area contributed by atoms with Crippen LogP contribution in [0.1, 0.15) is 17.3 Å². The van der Waals surface area contributed by atoms with Crippen LogP contribution in [0, 0.1) is 5.82 Å². The van der Waals surface area contributed by atoms with Crippen molar-refractivity contribution < 1.29 is 18.7 Å². The Hall–Kier alpha value is -4.43. The lowest BCUT2D eigenvalue weighted by atomic mass is 10.0. The van der Waals surface area contributed by atoms with Crippen molar-refractivity contribution in [3.8, 4) is 22.5 Å². The van der Waals surface area contributed by atoms with Crippen LogP contribution in [0.3, 0.4) is 0 Å². The molecule has 1 amide bonds. The van der Waals surface area contributed by atoms with E-state index in [-0.39, 0.29) is 11.3 Å². The SMILES string of the molecule is CC(OC(=O)c1ccc2nc(-c3ccccc3)c(-c3ccccc3)nc2c1)C(=O)Nc1ccc(Br)cc1F. The number of nitrogens with zero attached hydrogens (tertiary/aromatic N) is 2. The van der Waals surface area contributed by atoms with Gasteiger partial charge in [-0.2, -0.15) is 0 Å². The molecule has 0 spiro atoms. The molecule has 0 aliphatic carbocycles. The van der Waals surface area contributed by atoms with Gasteiger partial charge in [-0.1, -0.05) is 76.6 Å². The Morgan fingerprint density at radius 3 is 2.03 bits per heavy atom. The summed E-state index contributed by atoms with van der Waals surface area (Å²) in [4.78, 5) is 35.1. The number of ether oxygens (including phenoxy) is 1. The highest BCUT2D eigenvalue weighted by atomic mass is 79.9. The number of halogens is 2. The molecule has 188 valence electrons. The summed E-state index contributed by atoms with van der Waals surface area (Å²) >= 11 is 3.17. The van der Waals surface area contributed by atoms with Crippen LogP contribution in [0.4, 0.5) is 10.1 Å². The van der Waals surface area contributed by atoms with Crippen LogP contribution >= 0.6 is 15.9 Å². The number of rotatable bonds is 6. The molecule has 0 aliphatic rings. The molecule has 1 aromatic heterocycles. The maximum absolute atomic E-state index is 14.1. The van der Waals surface area contributed by atoms with E-state index in [0.717, 1.165) is 16.8 Å². The molecule has 0 radical (unpaired) electrons. The third-order valence-corrected chi connectivity index (χ3v) is 6.33. The number of nitrogens with one attached hydrogen (secondary N) is 1. The minimum Gasteiger partial charge on any atom is -0.449 e. The molecule has 1 atom stereocenters. The molecule has 1 heterocycles. The second-order valence-electron chi connectivity index (χ2n) is 8.52. The van der Waals surface area contributed by atoms with Crippen molar-refractivity contribution in [2.24, 2.45) is 0 Å². The van der Waals surface area contributed by atoms with Crippen LogP contribution in [-0.4, -0.2) is 27.9 Å². The average Bonchev–Trinajstić information content (AvgIpc) is 2.94. The van der Waals surface area contributed by atoms with Gasteiger partial charge in [-0.3, -0.25) is 4.79 Å². The fourth-order valence-electron chi connectivity index (χ4n) is 3.88. The fourth-order valence-corrected chi connectivity index (χ4v) is 4.22. The number of fused-ring (bicyclic) bond motifs is 1. The standard InChI is InChI=1S/C30H21BrFN3O3/c1-18(29(36)35-24-15-13-22(31)17-23(24)32)38-30(37)21-12-14-25-26(16-21)34-28(20-10-6-3-7-11-20)27(33-25)19-8-4-2-5-9-19/h2-18H,1H3,(H,35,36). The quantitative estimate of drug-likeness (QED) is 0.221. The van der Waals surface area contributed by atoms with Crippen LogP contribution in [-0.2, 0) is 9.53 Å².